The van der Waals surface area contributed by atoms with Crippen LogP contribution in [-0.4, -0.2) is 48.0 Å². The number of piperidine rings is 1. The second-order valence-electron chi connectivity index (χ2n) is 4.57. The molecule has 3 nitrogen and oxygen atoms in total. The van der Waals surface area contributed by atoms with Gasteiger partial charge in [-0.05, 0) is 32.1 Å². The van der Waals surface area contributed by atoms with E-state index in [0.29, 0.717) is 6.04 Å². The number of nitrogens with zero attached hydrogens (tertiary/aromatic N) is 1. The predicted octanol–water partition coefficient (Wildman–Crippen LogP) is 1.73. The van der Waals surface area contributed by atoms with Gasteiger partial charge in [-0.1, -0.05) is 6.92 Å². The lowest BCUT2D eigenvalue weighted by molar-refractivity contribution is -0.129. The summed E-state index contributed by atoms with van der Waals surface area (Å²) in [6.45, 7) is 6.88. The van der Waals surface area contributed by atoms with Crippen LogP contribution in [-0.2, 0) is 4.79 Å². The van der Waals surface area contributed by atoms with E-state index in [4.69, 9.17) is 0 Å². The average molecular weight is 244 g/mol. The molecule has 1 amide bonds. The minimum atomic E-state index is 0.217. The molecule has 1 unspecified atom stereocenters. The molecule has 0 aromatic rings. The predicted molar refractivity (Wildman–Crippen MR) is 70.9 cm³/mol. The average Bonchev–Trinajstić information content (AvgIpc) is 2.29. The molecule has 0 aromatic carbocycles. The zero-order valence-electron chi connectivity index (χ0n) is 10.7. The molecule has 0 aliphatic carbocycles. The summed E-state index contributed by atoms with van der Waals surface area (Å²) in [7, 11) is 0. The highest BCUT2D eigenvalue weighted by Crippen LogP contribution is 2.12. The second kappa shape index (κ2) is 7.17. The lowest BCUT2D eigenvalue weighted by atomic mass is 10.0. The molecule has 1 N–H and O–H groups in total. The van der Waals surface area contributed by atoms with Crippen LogP contribution in [0.4, 0.5) is 0 Å². The van der Waals surface area contributed by atoms with Crippen LogP contribution in [0.25, 0.3) is 0 Å². The van der Waals surface area contributed by atoms with Gasteiger partial charge in [-0.25, -0.2) is 0 Å². The first kappa shape index (κ1) is 13.8. The Kier molecular flexibility index (Phi) is 6.21. The molecule has 1 aliphatic heterocycles. The van der Waals surface area contributed by atoms with Gasteiger partial charge >= 0.3 is 0 Å². The van der Waals surface area contributed by atoms with E-state index in [1.165, 1.54) is 6.42 Å². The summed E-state index contributed by atoms with van der Waals surface area (Å²) in [4.78, 5) is 13.1. The molecule has 1 heterocycles. The second-order valence-corrected chi connectivity index (χ2v) is 5.85. The minimum absolute atomic E-state index is 0.217. The van der Waals surface area contributed by atoms with E-state index in [2.05, 4.69) is 18.5 Å². The smallest absolute Gasteiger partial charge is 0.219 e. The van der Waals surface area contributed by atoms with Crippen LogP contribution in [0.5, 0.6) is 0 Å². The van der Waals surface area contributed by atoms with Gasteiger partial charge in [0.2, 0.25) is 5.91 Å². The number of rotatable bonds is 5. The summed E-state index contributed by atoms with van der Waals surface area (Å²) in [5.74, 6) is 0.217. The largest absolute Gasteiger partial charge is 0.343 e. The number of amides is 1. The van der Waals surface area contributed by atoms with Gasteiger partial charge in [-0.2, -0.15) is 11.8 Å². The normalized spacial score (nSPS) is 19.8. The molecule has 94 valence electrons. The Balaban J connectivity index is 2.10. The van der Waals surface area contributed by atoms with E-state index in [9.17, 15) is 4.79 Å². The number of likely N-dealkylation sites (tertiary alicyclic amines) is 1. The van der Waals surface area contributed by atoms with Crippen LogP contribution in [0, 0.1) is 0 Å². The summed E-state index contributed by atoms with van der Waals surface area (Å²) in [6.07, 6.45) is 5.60. The molecule has 4 heteroatoms. The monoisotopic (exact) mass is 244 g/mol. The van der Waals surface area contributed by atoms with E-state index in [-0.39, 0.29) is 5.91 Å². The van der Waals surface area contributed by atoms with E-state index in [0.717, 1.165) is 37.7 Å². The molecule has 16 heavy (non-hydrogen) atoms. The Morgan fingerprint density at radius 1 is 1.50 bits per heavy atom. The number of carbonyl (C=O) groups is 1. The van der Waals surface area contributed by atoms with Gasteiger partial charge in [0.05, 0.1) is 0 Å². The quantitative estimate of drug-likeness (QED) is 0.799. The summed E-state index contributed by atoms with van der Waals surface area (Å²) in [5, 5.41) is 4.34. The van der Waals surface area contributed by atoms with Gasteiger partial charge < -0.3 is 10.2 Å². The van der Waals surface area contributed by atoms with Crippen LogP contribution in [0.3, 0.4) is 0 Å². The lowest BCUT2D eigenvalue weighted by Gasteiger charge is -2.32. The van der Waals surface area contributed by atoms with Crippen molar-refractivity contribution >= 4 is 17.7 Å². The van der Waals surface area contributed by atoms with Gasteiger partial charge in [-0.3, -0.25) is 4.79 Å². The maximum atomic E-state index is 11.2. The molecule has 0 aromatic heterocycles. The van der Waals surface area contributed by atoms with Crippen molar-refractivity contribution in [2.75, 3.05) is 25.9 Å². The van der Waals surface area contributed by atoms with E-state index in [1.54, 1.807) is 6.92 Å². The first-order valence-corrected chi connectivity index (χ1v) is 7.44. The fourth-order valence-corrected chi connectivity index (χ4v) is 2.36. The van der Waals surface area contributed by atoms with Crippen molar-refractivity contribution in [2.45, 2.75) is 44.4 Å². The number of carbonyl (C=O) groups excluding carboxylic acids is 1. The van der Waals surface area contributed by atoms with Crippen LogP contribution >= 0.6 is 11.8 Å². The van der Waals surface area contributed by atoms with Crippen LogP contribution < -0.4 is 5.32 Å². The van der Waals surface area contributed by atoms with Crippen molar-refractivity contribution in [3.8, 4) is 0 Å². The molecule has 0 spiro atoms. The van der Waals surface area contributed by atoms with Crippen molar-refractivity contribution < 1.29 is 4.79 Å². The third kappa shape index (κ3) is 4.74. The standard InChI is InChI=1S/C12H24N2OS/c1-10(16-3)4-7-13-12-5-8-14(9-6-12)11(2)15/h10,12-13H,4-9H2,1-3H3. The molecule has 1 rings (SSSR count). The molecule has 1 fully saturated rings. The third-order valence-corrected chi connectivity index (χ3v) is 4.37. The van der Waals surface area contributed by atoms with Crippen LogP contribution in [0.1, 0.15) is 33.1 Å². The highest BCUT2D eigenvalue weighted by atomic mass is 32.2. The Hall–Kier alpha value is -0.220. The molecule has 0 radical (unpaired) electrons. The van der Waals surface area contributed by atoms with E-state index >= 15 is 0 Å². The Labute approximate surface area is 103 Å². The van der Waals surface area contributed by atoms with Crippen molar-refractivity contribution in [1.82, 2.24) is 10.2 Å². The van der Waals surface area contributed by atoms with Gasteiger partial charge in [0, 0.05) is 31.3 Å². The molecular formula is C12H24N2OS. The first-order chi connectivity index (χ1) is 7.63. The summed E-state index contributed by atoms with van der Waals surface area (Å²) in [6, 6.07) is 0.615. The summed E-state index contributed by atoms with van der Waals surface area (Å²) in [5.41, 5.74) is 0. The number of nitrogens with one attached hydrogen (secondary N) is 1. The van der Waals surface area contributed by atoms with Crippen molar-refractivity contribution in [2.24, 2.45) is 0 Å². The number of thioether (sulfide) groups is 1. The van der Waals surface area contributed by atoms with Crippen molar-refractivity contribution in [3.05, 3.63) is 0 Å². The minimum Gasteiger partial charge on any atom is -0.343 e. The van der Waals surface area contributed by atoms with Gasteiger partial charge in [0.1, 0.15) is 0 Å². The Bertz CT molecular complexity index is 215. The Morgan fingerprint density at radius 2 is 2.12 bits per heavy atom. The highest BCUT2D eigenvalue weighted by molar-refractivity contribution is 7.99. The molecular weight excluding hydrogens is 220 g/mol. The fourth-order valence-electron chi connectivity index (χ4n) is 2.01. The van der Waals surface area contributed by atoms with Gasteiger partial charge in [0.15, 0.2) is 0 Å². The van der Waals surface area contributed by atoms with Crippen LogP contribution in [0.2, 0.25) is 0 Å². The Morgan fingerprint density at radius 3 is 2.62 bits per heavy atom. The van der Waals surface area contributed by atoms with Crippen LogP contribution in [0.15, 0.2) is 0 Å². The lowest BCUT2D eigenvalue weighted by Crippen LogP contribution is -2.44. The topological polar surface area (TPSA) is 32.3 Å². The van der Waals surface area contributed by atoms with Gasteiger partial charge in [0.25, 0.3) is 0 Å². The number of hydrogen-bond donors (Lipinski definition) is 1. The van der Waals surface area contributed by atoms with Crippen molar-refractivity contribution in [3.63, 3.8) is 0 Å². The zero-order valence-corrected chi connectivity index (χ0v) is 11.5. The maximum Gasteiger partial charge on any atom is 0.219 e. The van der Waals surface area contributed by atoms with E-state index < -0.39 is 0 Å². The molecule has 1 saturated heterocycles. The molecule has 1 atom stereocenters. The van der Waals surface area contributed by atoms with Gasteiger partial charge in [-0.15, -0.1) is 0 Å². The molecule has 0 saturated carbocycles. The van der Waals surface area contributed by atoms with Crippen molar-refractivity contribution in [1.29, 1.82) is 0 Å². The summed E-state index contributed by atoms with van der Waals surface area (Å²) < 4.78 is 0. The SMILES string of the molecule is CSC(C)CCNC1CCN(C(C)=O)CC1. The van der Waals surface area contributed by atoms with E-state index in [1.807, 2.05) is 16.7 Å². The number of hydrogen-bond acceptors (Lipinski definition) is 3. The zero-order chi connectivity index (χ0) is 12.0. The fraction of sp³-hybridized carbons (Fsp3) is 0.917. The maximum absolute atomic E-state index is 11.2. The third-order valence-electron chi connectivity index (χ3n) is 3.33. The summed E-state index contributed by atoms with van der Waals surface area (Å²) >= 11 is 1.92. The first-order valence-electron chi connectivity index (χ1n) is 6.15. The molecule has 0 bridgehead atoms. The molecule has 1 aliphatic rings. The highest BCUT2D eigenvalue weighted by Gasteiger charge is 2.19.